The highest BCUT2D eigenvalue weighted by Crippen LogP contribution is 2.45. The summed E-state index contributed by atoms with van der Waals surface area (Å²) in [5.74, 6) is -9.43. The fraction of sp³-hybridized carbons (Fsp3) is 0.400. The molecule has 49 heavy (non-hydrogen) atoms. The molecule has 0 atom stereocenters. The van der Waals surface area contributed by atoms with Gasteiger partial charge in [0.25, 0.3) is 17.4 Å². The number of carbonyl (C=O) groups excluding carboxylic acids is 8. The monoisotopic (exact) mass is 676 g/mol. The molecule has 256 valence electrons. The Bertz CT molecular complexity index is 1630. The Labute approximate surface area is 279 Å². The smallest absolute Gasteiger partial charge is 0.348 e. The van der Waals surface area contributed by atoms with Gasteiger partial charge in [-0.2, -0.15) is 0 Å². The van der Waals surface area contributed by atoms with E-state index in [0.29, 0.717) is 0 Å². The lowest BCUT2D eigenvalue weighted by Crippen LogP contribution is -2.56. The van der Waals surface area contributed by atoms with Gasteiger partial charge in [-0.05, 0) is 38.3 Å². The molecule has 0 aromatic carbocycles. The van der Waals surface area contributed by atoms with Crippen LogP contribution < -0.4 is 0 Å². The number of carbonyl (C=O) groups is 7. The molecule has 3 spiro atoms. The number of hydrogen-bond acceptors (Lipinski definition) is 14. The van der Waals surface area contributed by atoms with Gasteiger partial charge in [0.2, 0.25) is 0 Å². The molecule has 0 N–H and O–H groups in total. The van der Waals surface area contributed by atoms with Crippen LogP contribution in [0.25, 0.3) is 0 Å². The summed E-state index contributed by atoms with van der Waals surface area (Å²) in [6.45, 7) is 1.81. The summed E-state index contributed by atoms with van der Waals surface area (Å²) in [6.07, 6.45) is 14.4. The van der Waals surface area contributed by atoms with Gasteiger partial charge >= 0.3 is 35.8 Å². The van der Waals surface area contributed by atoms with Crippen LogP contribution in [0.1, 0.15) is 64.7 Å². The minimum absolute atomic E-state index is 0.0176. The Morgan fingerprint density at radius 3 is 1.51 bits per heavy atom. The molecule has 14 heteroatoms. The molecule has 0 aromatic rings. The molecule has 0 bridgehead atoms. The van der Waals surface area contributed by atoms with E-state index in [0.717, 1.165) is 6.08 Å². The zero-order valence-corrected chi connectivity index (χ0v) is 26.4. The third kappa shape index (κ3) is 7.60. The number of ketones is 1. The Hall–Kier alpha value is -5.62. The molecule has 0 radical (unpaired) electrons. The summed E-state index contributed by atoms with van der Waals surface area (Å²) < 4.78 is 32.7. The Morgan fingerprint density at radius 2 is 1.06 bits per heavy atom. The molecule has 3 saturated heterocycles. The first-order valence-electron chi connectivity index (χ1n) is 15.6. The third-order valence-corrected chi connectivity index (χ3v) is 8.65. The van der Waals surface area contributed by atoms with Crippen molar-refractivity contribution in [2.24, 2.45) is 5.92 Å². The zero-order chi connectivity index (χ0) is 35.2. The first kappa shape index (κ1) is 34.7. The van der Waals surface area contributed by atoms with Crippen molar-refractivity contribution in [1.29, 1.82) is 0 Å². The van der Waals surface area contributed by atoms with Crippen molar-refractivity contribution in [2.45, 2.75) is 82.1 Å². The van der Waals surface area contributed by atoms with E-state index in [4.69, 9.17) is 28.4 Å². The lowest BCUT2D eigenvalue weighted by atomic mass is 9.82. The topological polar surface area (TPSA) is 192 Å². The van der Waals surface area contributed by atoms with Crippen LogP contribution in [0, 0.1) is 5.92 Å². The van der Waals surface area contributed by atoms with Gasteiger partial charge in [-0.1, -0.05) is 42.5 Å². The van der Waals surface area contributed by atoms with Gasteiger partial charge < -0.3 is 28.4 Å². The second kappa shape index (κ2) is 14.2. The molecule has 0 unspecified atom stereocenters. The van der Waals surface area contributed by atoms with E-state index < -0.39 is 59.1 Å². The summed E-state index contributed by atoms with van der Waals surface area (Å²) in [5, 5.41) is 0. The predicted octanol–water partition coefficient (Wildman–Crippen LogP) is 2.95. The fourth-order valence-corrected chi connectivity index (χ4v) is 5.99. The normalized spacial score (nSPS) is 30.1. The van der Waals surface area contributed by atoms with Crippen molar-refractivity contribution in [1.82, 2.24) is 0 Å². The molecule has 0 amide bonds. The molecule has 5 fully saturated rings. The van der Waals surface area contributed by atoms with Crippen LogP contribution in [0.4, 0.5) is 0 Å². The number of ether oxygens (including phenoxy) is 6. The van der Waals surface area contributed by atoms with E-state index in [1.54, 1.807) is 18.2 Å². The molecular weight excluding hydrogens is 644 g/mol. The number of rotatable bonds is 7. The minimum atomic E-state index is -1.62. The van der Waals surface area contributed by atoms with Crippen molar-refractivity contribution >= 4 is 47.5 Å². The number of allylic oxidation sites excluding steroid dienone is 10. The van der Waals surface area contributed by atoms with Crippen LogP contribution in [-0.2, 0) is 66.8 Å². The van der Waals surface area contributed by atoms with Gasteiger partial charge in [-0.15, -0.1) is 0 Å². The van der Waals surface area contributed by atoms with E-state index in [1.807, 2.05) is 6.92 Å². The standard InChI is InChI=1S/C35H32O14/c1-2-3-4-6-9-23-29(40)46-34(47-30(23)41)17-19-35(20-18-34)48-31(42)25(32(43)49-35)11-8-5-7-10-24-27(38)44-33(45-28(24)39)15-12-22(13-16-33)26(37)14-21-36/h2-7,9-11,14,22H,8,12-13,15-20H2,1H3. The van der Waals surface area contributed by atoms with Gasteiger partial charge in [-0.25, -0.2) is 33.6 Å². The van der Waals surface area contributed by atoms with Gasteiger partial charge in [0, 0.05) is 44.4 Å². The molecular formula is C35H32O14. The average Bonchev–Trinajstić information content (AvgIpc) is 3.04. The molecule has 14 nitrogen and oxygen atoms in total. The fourth-order valence-electron chi connectivity index (χ4n) is 5.99. The summed E-state index contributed by atoms with van der Waals surface area (Å²) in [5.41, 5.74) is -1.00. The van der Waals surface area contributed by atoms with Crippen LogP contribution in [0.15, 0.2) is 77.5 Å². The average molecular weight is 677 g/mol. The van der Waals surface area contributed by atoms with E-state index in [9.17, 15) is 38.4 Å². The summed E-state index contributed by atoms with van der Waals surface area (Å²) in [6, 6.07) is 0. The largest absolute Gasteiger partial charge is 0.419 e. The molecule has 0 aromatic heterocycles. The van der Waals surface area contributed by atoms with Gasteiger partial charge in [0.05, 0.1) is 6.08 Å². The van der Waals surface area contributed by atoms with Gasteiger partial charge in [0.15, 0.2) is 5.78 Å². The highest BCUT2D eigenvalue weighted by Gasteiger charge is 2.57. The second-order valence-corrected chi connectivity index (χ2v) is 11.9. The Kier molecular flexibility index (Phi) is 10.1. The predicted molar refractivity (Wildman–Crippen MR) is 162 cm³/mol. The summed E-state index contributed by atoms with van der Waals surface area (Å²) in [4.78, 5) is 98.2. The minimum Gasteiger partial charge on any atom is -0.419 e. The van der Waals surface area contributed by atoms with Crippen LogP contribution in [0.2, 0.25) is 0 Å². The van der Waals surface area contributed by atoms with E-state index >= 15 is 0 Å². The summed E-state index contributed by atoms with van der Waals surface area (Å²) in [7, 11) is 0. The molecule has 3 aliphatic heterocycles. The first-order valence-corrected chi connectivity index (χ1v) is 15.6. The van der Waals surface area contributed by atoms with Crippen LogP contribution in [0.5, 0.6) is 0 Å². The van der Waals surface area contributed by atoms with Crippen molar-refractivity contribution in [3.05, 3.63) is 77.5 Å². The molecule has 5 aliphatic rings. The van der Waals surface area contributed by atoms with Crippen molar-refractivity contribution in [3.8, 4) is 0 Å². The molecule has 3 heterocycles. The zero-order valence-electron chi connectivity index (χ0n) is 26.4. The Morgan fingerprint density at radius 1 is 0.633 bits per heavy atom. The molecule has 2 aliphatic carbocycles. The van der Waals surface area contributed by atoms with Crippen molar-refractivity contribution in [3.63, 3.8) is 0 Å². The quantitative estimate of drug-likeness (QED) is 0.0954. The molecule has 2 saturated carbocycles. The highest BCUT2D eigenvalue weighted by molar-refractivity contribution is 6.17. The van der Waals surface area contributed by atoms with E-state index in [-0.39, 0.29) is 80.3 Å². The van der Waals surface area contributed by atoms with Gasteiger partial charge in [0.1, 0.15) is 22.7 Å². The maximum absolute atomic E-state index is 12.8. The van der Waals surface area contributed by atoms with Crippen molar-refractivity contribution in [2.75, 3.05) is 0 Å². The number of esters is 6. The van der Waals surface area contributed by atoms with Crippen molar-refractivity contribution < 1.29 is 66.8 Å². The summed E-state index contributed by atoms with van der Waals surface area (Å²) >= 11 is 0. The Balaban J connectivity index is 1.12. The lowest BCUT2D eigenvalue weighted by molar-refractivity contribution is -0.291. The van der Waals surface area contributed by atoms with E-state index in [1.165, 1.54) is 42.4 Å². The first-order chi connectivity index (χ1) is 23.4. The SMILES string of the molecule is CC=CC=CC=C1C(=O)OC2(CCC3(CC2)OC(=O)C(=CCC=CC=C2C(=O)OC4(CCC(C(=O)C=C=O)CC4)OC2=O)C(=O)O3)OC1=O. The van der Waals surface area contributed by atoms with Crippen LogP contribution in [-0.4, -0.2) is 64.9 Å². The second-order valence-electron chi connectivity index (χ2n) is 11.9. The van der Waals surface area contributed by atoms with E-state index in [2.05, 4.69) is 0 Å². The van der Waals surface area contributed by atoms with Gasteiger partial charge in [-0.3, -0.25) is 4.79 Å². The van der Waals surface area contributed by atoms with Crippen LogP contribution >= 0.6 is 0 Å². The molecule has 5 rings (SSSR count). The number of hydrogen-bond donors (Lipinski definition) is 0. The lowest BCUT2D eigenvalue weighted by Gasteiger charge is -2.46. The van der Waals surface area contributed by atoms with Crippen LogP contribution in [0.3, 0.4) is 0 Å². The maximum atomic E-state index is 12.8. The third-order valence-electron chi connectivity index (χ3n) is 8.65. The highest BCUT2D eigenvalue weighted by atomic mass is 16.8. The maximum Gasteiger partial charge on any atom is 0.348 e.